The van der Waals surface area contributed by atoms with Crippen LogP contribution in [-0.2, 0) is 69.4 Å². The van der Waals surface area contributed by atoms with Gasteiger partial charge in [0.2, 0.25) is 35.4 Å². The van der Waals surface area contributed by atoms with Gasteiger partial charge in [0.25, 0.3) is 0 Å². The number of aliphatic hydroxyl groups excluding tert-OH is 2. The number of para-hydroxylation sites is 1. The summed E-state index contributed by atoms with van der Waals surface area (Å²) in [5.74, 6) is -7.23. The molecule has 1 aliphatic carbocycles. The van der Waals surface area contributed by atoms with Gasteiger partial charge >= 0.3 is 12.1 Å². The summed E-state index contributed by atoms with van der Waals surface area (Å²) in [7, 11) is 1.06. The van der Waals surface area contributed by atoms with Gasteiger partial charge in [-0.25, -0.2) is 4.79 Å². The van der Waals surface area contributed by atoms with E-state index in [0.29, 0.717) is 16.7 Å². The molecule has 0 radical (unpaired) electrons. The third-order valence-corrected chi connectivity index (χ3v) is 15.8. The highest BCUT2D eigenvalue weighted by molar-refractivity contribution is 5.99. The number of rotatable bonds is 29. The number of nitrogens with one attached hydrogen (secondary N) is 8. The smallest absolute Gasteiger partial charge is 0.407 e. The molecule has 0 saturated heterocycles. The van der Waals surface area contributed by atoms with Crippen molar-refractivity contribution in [3.8, 4) is 11.1 Å². The molecule has 1 aromatic heterocycles. The van der Waals surface area contributed by atoms with Gasteiger partial charge in [0.05, 0.1) is 51.7 Å². The number of hydrogen-bond acceptors (Lipinski definition) is 17. The van der Waals surface area contributed by atoms with Crippen LogP contribution in [0.15, 0.2) is 170 Å². The first-order valence-corrected chi connectivity index (χ1v) is 31.3. The van der Waals surface area contributed by atoms with Crippen LogP contribution in [0.1, 0.15) is 86.8 Å². The first-order chi connectivity index (χ1) is 46.4. The molecule has 0 bridgehead atoms. The molecule has 25 heteroatoms. The van der Waals surface area contributed by atoms with Crippen LogP contribution in [0.5, 0.6) is 0 Å². The highest BCUT2D eigenvalue weighted by Crippen LogP contribution is 2.44. The summed E-state index contributed by atoms with van der Waals surface area (Å²) in [4.78, 5) is 142. The van der Waals surface area contributed by atoms with E-state index in [-0.39, 0.29) is 56.8 Å². The van der Waals surface area contributed by atoms with Crippen molar-refractivity contribution < 1.29 is 72.4 Å². The fourth-order valence-electron chi connectivity index (χ4n) is 10.7. The fourth-order valence-corrected chi connectivity index (χ4v) is 10.7. The van der Waals surface area contributed by atoms with E-state index in [9.17, 15) is 63.0 Å². The topological polar surface area (TPSA) is 399 Å². The number of hydrogen-bond donors (Lipinski definition) is 12. The quantitative estimate of drug-likeness (QED) is 0.0236. The van der Waals surface area contributed by atoms with E-state index in [1.165, 1.54) is 27.7 Å². The van der Waals surface area contributed by atoms with E-state index >= 15 is 0 Å². The Kier molecular flexibility index (Phi) is 28.6. The molecule has 1 aliphatic rings. The first kappa shape index (κ1) is 75.3. The Hall–Kier alpha value is -10.7. The lowest BCUT2D eigenvalue weighted by Gasteiger charge is -2.37. The van der Waals surface area contributed by atoms with Crippen LogP contribution in [0.4, 0.5) is 4.79 Å². The SMILES string of the molecule is CC(=O)CN.CC(=O)CNC(=O)C(NC(=O)OCC1c2ccccc2-c2ccccc21)C(C)CO.COC(=O)CC(NC(=O)C(CC(=O)NC(c1ccccc1)(c1ccccc1)c1ccccc1)NC(=O)C(N)Cc1c[nH]c2ccccc12)C(=O)NC(C(=O)NCC(C)=O)C(C)O. The monoisotopic (exact) mass is 1330 g/mol. The van der Waals surface area contributed by atoms with Crippen molar-refractivity contribution >= 4 is 75.8 Å². The number of esters is 1. The average Bonchev–Trinajstić information content (AvgIpc) is 1.69. The number of methoxy groups -OCH3 is 1. The zero-order valence-corrected chi connectivity index (χ0v) is 54.8. The number of nitrogens with two attached hydrogens (primary N) is 2. The lowest BCUT2D eigenvalue weighted by molar-refractivity contribution is -0.144. The second-order valence-electron chi connectivity index (χ2n) is 23.3. The van der Waals surface area contributed by atoms with Gasteiger partial charge in [-0.15, -0.1) is 0 Å². The van der Waals surface area contributed by atoms with Crippen molar-refractivity contribution in [2.75, 3.05) is 40.0 Å². The van der Waals surface area contributed by atoms with Crippen LogP contribution in [0.2, 0.25) is 0 Å². The molecule has 6 aromatic carbocycles. The van der Waals surface area contributed by atoms with Gasteiger partial charge in [0.1, 0.15) is 53.7 Å². The van der Waals surface area contributed by atoms with Crippen molar-refractivity contribution in [2.45, 2.75) is 102 Å². The van der Waals surface area contributed by atoms with Crippen LogP contribution < -0.4 is 48.7 Å². The van der Waals surface area contributed by atoms with Crippen LogP contribution in [0, 0.1) is 5.92 Å². The Bertz CT molecular complexity index is 3720. The minimum atomic E-state index is -1.74. The van der Waals surface area contributed by atoms with Gasteiger partial charge in [-0.2, -0.15) is 0 Å². The van der Waals surface area contributed by atoms with E-state index < -0.39 is 114 Å². The molecule has 0 spiro atoms. The number of carbonyl (C=O) groups is 11. The maximum Gasteiger partial charge on any atom is 0.407 e. The number of H-pyrrole nitrogens is 1. The summed E-state index contributed by atoms with van der Waals surface area (Å²) in [6.45, 7) is 6.35. The average molecular weight is 1330 g/mol. The Labute approximate surface area is 561 Å². The van der Waals surface area contributed by atoms with Crippen molar-refractivity contribution in [3.63, 3.8) is 0 Å². The molecule has 25 nitrogen and oxygen atoms in total. The number of alkyl carbamates (subject to hydrolysis) is 1. The zero-order chi connectivity index (χ0) is 70.8. The molecule has 7 amide bonds. The molecule has 0 saturated carbocycles. The number of aromatic amines is 1. The van der Waals surface area contributed by atoms with Crippen LogP contribution in [0.3, 0.4) is 0 Å². The summed E-state index contributed by atoms with van der Waals surface area (Å²) < 4.78 is 10.2. The number of amides is 7. The zero-order valence-electron chi connectivity index (χ0n) is 54.8. The van der Waals surface area contributed by atoms with Crippen molar-refractivity contribution in [3.05, 3.63) is 203 Å². The number of ketones is 3. The predicted octanol–water partition coefficient (Wildman–Crippen LogP) is 3.40. The van der Waals surface area contributed by atoms with Crippen molar-refractivity contribution in [1.29, 1.82) is 0 Å². The van der Waals surface area contributed by atoms with E-state index in [1.807, 2.05) is 164 Å². The summed E-state index contributed by atoms with van der Waals surface area (Å²) >= 11 is 0. The second-order valence-corrected chi connectivity index (χ2v) is 23.3. The lowest BCUT2D eigenvalue weighted by Crippen LogP contribution is -2.60. The number of ether oxygens (including phenoxy) is 2. The molecule has 0 aliphatic heterocycles. The number of aromatic nitrogens is 1. The summed E-state index contributed by atoms with van der Waals surface area (Å²) in [5.41, 5.74) is 18.0. The molecule has 7 aromatic rings. The lowest BCUT2D eigenvalue weighted by atomic mass is 9.77. The predicted molar refractivity (Wildman–Crippen MR) is 361 cm³/mol. The normalized spacial score (nSPS) is 13.5. The van der Waals surface area contributed by atoms with E-state index in [1.54, 1.807) is 13.1 Å². The molecule has 1 heterocycles. The van der Waals surface area contributed by atoms with Gasteiger partial charge in [-0.3, -0.25) is 47.9 Å². The molecule has 97 heavy (non-hydrogen) atoms. The standard InChI is InChI=1S/C46H51N7O9.C23H26N2O5.C3H7NO/c1-28(54)26-49-45(61)41(29(2)55)52-44(60)38(25-40(57)62-3)51-43(59)37(50-42(58)35(47)23-30-27-48-36-22-14-13-21-34(30)36)24-39(56)53-46(31-15-7-4-8-16-31,32-17-9-5-10-18-32)33-19-11-6-12-20-33;1-14(12-26)21(22(28)24-11-15(2)27)25-23(29)30-13-20-18-9-5-3-7-16(18)17-8-4-6-10-19(17)20;1-3(5)2-4/h4-22,27,29,35,37-38,41,48,55H,23-26,47H2,1-3H3,(H,49,61)(H,50,58)(H,51,59)(H,52,60)(H,53,56);3-10,14,20-21,26H,11-13H2,1-2H3,(H,24,28)(H,25,29);2,4H2,1H3. The molecule has 0 fully saturated rings. The number of carbonyl (C=O) groups excluding carboxylic acids is 11. The molecule has 8 rings (SSSR count). The van der Waals surface area contributed by atoms with Crippen molar-refractivity contribution in [2.24, 2.45) is 17.4 Å². The first-order valence-electron chi connectivity index (χ1n) is 31.3. The maximum absolute atomic E-state index is 14.6. The Morgan fingerprint density at radius 1 is 0.567 bits per heavy atom. The van der Waals surface area contributed by atoms with Gasteiger partial charge in [-0.1, -0.05) is 165 Å². The van der Waals surface area contributed by atoms with Crippen LogP contribution in [-0.4, -0.2) is 156 Å². The molecular weight excluding hydrogens is 1240 g/mol. The number of aliphatic hydroxyl groups is 2. The Morgan fingerprint density at radius 3 is 1.51 bits per heavy atom. The third kappa shape index (κ3) is 21.1. The van der Waals surface area contributed by atoms with E-state index in [0.717, 1.165) is 45.8 Å². The summed E-state index contributed by atoms with van der Waals surface area (Å²) in [6.07, 6.45) is -1.88. The number of fused-ring (bicyclic) bond motifs is 4. The summed E-state index contributed by atoms with van der Waals surface area (Å²) in [6, 6.07) is 43.8. The van der Waals surface area contributed by atoms with E-state index in [2.05, 4.69) is 42.2 Å². The maximum atomic E-state index is 14.6. The van der Waals surface area contributed by atoms with Gasteiger partial charge in [0, 0.05) is 35.5 Å². The second kappa shape index (κ2) is 36.8. The van der Waals surface area contributed by atoms with E-state index in [4.69, 9.17) is 20.9 Å². The number of Topliss-reactive ketones (excluding diaryl/α,β-unsaturated/α-hetero) is 3. The van der Waals surface area contributed by atoms with Crippen LogP contribution in [0.25, 0.3) is 22.0 Å². The molecular formula is C72H84N10O15. The number of benzene rings is 6. The van der Waals surface area contributed by atoms with Gasteiger partial charge in [0.15, 0.2) is 0 Å². The molecule has 512 valence electrons. The van der Waals surface area contributed by atoms with Crippen molar-refractivity contribution in [1.82, 2.24) is 42.2 Å². The molecule has 14 N–H and O–H groups in total. The third-order valence-electron chi connectivity index (χ3n) is 15.8. The Balaban J connectivity index is 0.000000351. The largest absolute Gasteiger partial charge is 0.469 e. The fraction of sp³-hybridized carbons (Fsp3) is 0.319. The minimum absolute atomic E-state index is 0.0324. The minimum Gasteiger partial charge on any atom is -0.469 e. The molecule has 7 unspecified atom stereocenters. The summed E-state index contributed by atoms with van der Waals surface area (Å²) in [5, 5.41) is 38.4. The van der Waals surface area contributed by atoms with Gasteiger partial charge < -0.3 is 73.4 Å². The Morgan fingerprint density at radius 2 is 1.02 bits per heavy atom. The van der Waals surface area contributed by atoms with Crippen LogP contribution >= 0.6 is 0 Å². The highest BCUT2D eigenvalue weighted by atomic mass is 16.5. The highest BCUT2D eigenvalue weighted by Gasteiger charge is 2.41. The van der Waals surface area contributed by atoms with Gasteiger partial charge in [-0.05, 0) is 84.7 Å². The molecule has 7 atom stereocenters.